The Morgan fingerprint density at radius 1 is 1.33 bits per heavy atom. The van der Waals surface area contributed by atoms with Crippen LogP contribution in [-0.2, 0) is 0 Å². The first-order chi connectivity index (χ1) is 8.56. The minimum absolute atomic E-state index is 0.0647. The number of nitrogens with zero attached hydrogens (tertiary/aromatic N) is 1. The van der Waals surface area contributed by atoms with E-state index in [1.807, 2.05) is 54.7 Å². The molecule has 2 aromatic rings. The van der Waals surface area contributed by atoms with Gasteiger partial charge in [0.15, 0.2) is 0 Å². The number of amides is 1. The van der Waals surface area contributed by atoms with Crippen LogP contribution in [0.2, 0.25) is 0 Å². The molecule has 1 aromatic carbocycles. The highest BCUT2D eigenvalue weighted by Gasteiger charge is 2.08. The molecule has 0 saturated heterocycles. The van der Waals surface area contributed by atoms with Crippen molar-refractivity contribution >= 4 is 51.2 Å². The monoisotopic (exact) mass is 372 g/mol. The first kappa shape index (κ1) is 13.4. The average molecular weight is 372 g/mol. The Balaban J connectivity index is 2.14. The van der Waals surface area contributed by atoms with Crippen molar-refractivity contribution in [1.82, 2.24) is 0 Å². The van der Waals surface area contributed by atoms with Crippen molar-refractivity contribution in [1.29, 1.82) is 0 Å². The number of rotatable bonds is 3. The lowest BCUT2D eigenvalue weighted by Crippen LogP contribution is -2.12. The van der Waals surface area contributed by atoms with Gasteiger partial charge in [0.2, 0.25) is 0 Å². The Kier molecular flexibility index (Phi) is 4.23. The summed E-state index contributed by atoms with van der Waals surface area (Å²) in [4.78, 5) is 14.0. The Morgan fingerprint density at radius 2 is 2.11 bits per heavy atom. The predicted octanol–water partition coefficient (Wildman–Crippen LogP) is 3.67. The number of thiophene rings is 1. The molecule has 0 atom stereocenters. The molecule has 0 aliphatic carbocycles. The molecule has 0 fully saturated rings. The van der Waals surface area contributed by atoms with Crippen LogP contribution in [0.4, 0.5) is 11.4 Å². The van der Waals surface area contributed by atoms with E-state index in [2.05, 4.69) is 27.9 Å². The summed E-state index contributed by atoms with van der Waals surface area (Å²) in [7, 11) is 3.95. The van der Waals surface area contributed by atoms with Crippen molar-refractivity contribution in [2.75, 3.05) is 24.3 Å². The molecule has 0 aliphatic heterocycles. The van der Waals surface area contributed by atoms with E-state index < -0.39 is 0 Å². The number of carbonyl (C=O) groups excluding carboxylic acids is 1. The van der Waals surface area contributed by atoms with Crippen LogP contribution in [-0.4, -0.2) is 20.0 Å². The highest BCUT2D eigenvalue weighted by Crippen LogP contribution is 2.20. The van der Waals surface area contributed by atoms with Crippen LogP contribution in [0.5, 0.6) is 0 Å². The van der Waals surface area contributed by atoms with Gasteiger partial charge < -0.3 is 10.2 Å². The molecule has 3 nitrogen and oxygen atoms in total. The quantitative estimate of drug-likeness (QED) is 0.834. The van der Waals surface area contributed by atoms with Gasteiger partial charge in [-0.3, -0.25) is 4.79 Å². The minimum Gasteiger partial charge on any atom is -0.378 e. The largest absolute Gasteiger partial charge is 0.378 e. The zero-order valence-electron chi connectivity index (χ0n) is 10.1. The molecule has 0 bridgehead atoms. The summed E-state index contributed by atoms with van der Waals surface area (Å²) in [6, 6.07) is 9.67. The molecule has 0 unspecified atom stereocenters. The van der Waals surface area contributed by atoms with E-state index in [1.54, 1.807) is 11.3 Å². The lowest BCUT2D eigenvalue weighted by molar-refractivity contribution is 0.102. The smallest absolute Gasteiger partial charge is 0.256 e. The molecule has 0 radical (unpaired) electrons. The van der Waals surface area contributed by atoms with Crippen LogP contribution in [0, 0.1) is 2.88 Å². The SMILES string of the molecule is CN(C)c1cccc(NC(=O)c2csc(I)c2)c1. The van der Waals surface area contributed by atoms with E-state index in [-0.39, 0.29) is 5.91 Å². The highest BCUT2D eigenvalue weighted by atomic mass is 127. The van der Waals surface area contributed by atoms with Gasteiger partial charge in [-0.2, -0.15) is 0 Å². The summed E-state index contributed by atoms with van der Waals surface area (Å²) in [5.74, 6) is -0.0647. The number of nitrogens with one attached hydrogen (secondary N) is 1. The number of halogens is 1. The maximum atomic E-state index is 12.0. The van der Waals surface area contributed by atoms with Gasteiger partial charge in [0, 0.05) is 30.9 Å². The Morgan fingerprint density at radius 3 is 2.72 bits per heavy atom. The Hall–Kier alpha value is -1.08. The molecule has 5 heteroatoms. The third-order valence-electron chi connectivity index (χ3n) is 2.45. The molecular weight excluding hydrogens is 359 g/mol. The van der Waals surface area contributed by atoms with E-state index in [4.69, 9.17) is 0 Å². The van der Waals surface area contributed by atoms with Gasteiger partial charge >= 0.3 is 0 Å². The van der Waals surface area contributed by atoms with Gasteiger partial charge in [-0.1, -0.05) is 6.07 Å². The fraction of sp³-hybridized carbons (Fsp3) is 0.154. The predicted molar refractivity (Wildman–Crippen MR) is 85.8 cm³/mol. The number of hydrogen-bond donors (Lipinski definition) is 1. The van der Waals surface area contributed by atoms with E-state index in [0.29, 0.717) is 5.56 Å². The zero-order chi connectivity index (χ0) is 13.1. The molecule has 1 aromatic heterocycles. The van der Waals surface area contributed by atoms with Gasteiger partial charge in [0.05, 0.1) is 8.45 Å². The van der Waals surface area contributed by atoms with Gasteiger partial charge in [-0.25, -0.2) is 0 Å². The topological polar surface area (TPSA) is 32.3 Å². The van der Waals surface area contributed by atoms with E-state index in [9.17, 15) is 4.79 Å². The van der Waals surface area contributed by atoms with Crippen molar-refractivity contribution in [2.24, 2.45) is 0 Å². The second-order valence-electron chi connectivity index (χ2n) is 4.04. The molecule has 2 rings (SSSR count). The molecule has 0 aliphatic rings. The second kappa shape index (κ2) is 5.71. The van der Waals surface area contributed by atoms with Gasteiger partial charge in [0.1, 0.15) is 0 Å². The van der Waals surface area contributed by atoms with Gasteiger partial charge in [0.25, 0.3) is 5.91 Å². The summed E-state index contributed by atoms with van der Waals surface area (Å²) in [5.41, 5.74) is 2.58. The second-order valence-corrected chi connectivity index (χ2v) is 6.84. The maximum absolute atomic E-state index is 12.0. The molecule has 18 heavy (non-hydrogen) atoms. The number of anilines is 2. The van der Waals surface area contributed by atoms with Crippen LogP contribution >= 0.6 is 33.9 Å². The zero-order valence-corrected chi connectivity index (χ0v) is 13.1. The molecule has 1 amide bonds. The molecule has 0 spiro atoms. The molecule has 94 valence electrons. The molecule has 1 N–H and O–H groups in total. The first-order valence-electron chi connectivity index (χ1n) is 5.39. The van der Waals surface area contributed by atoms with Gasteiger partial charge in [-0.05, 0) is 46.9 Å². The maximum Gasteiger partial charge on any atom is 0.256 e. The van der Waals surface area contributed by atoms with Crippen LogP contribution in [0.15, 0.2) is 35.7 Å². The summed E-state index contributed by atoms with van der Waals surface area (Å²) in [6.45, 7) is 0. The van der Waals surface area contributed by atoms with Crippen LogP contribution in [0.25, 0.3) is 0 Å². The lowest BCUT2D eigenvalue weighted by atomic mass is 10.2. The van der Waals surface area contributed by atoms with Crippen molar-refractivity contribution in [3.8, 4) is 0 Å². The van der Waals surface area contributed by atoms with Crippen LogP contribution < -0.4 is 10.2 Å². The highest BCUT2D eigenvalue weighted by molar-refractivity contribution is 14.1. The minimum atomic E-state index is -0.0647. The number of benzene rings is 1. The third-order valence-corrected chi connectivity index (χ3v) is 4.24. The normalized spacial score (nSPS) is 10.2. The first-order valence-corrected chi connectivity index (χ1v) is 7.35. The summed E-state index contributed by atoms with van der Waals surface area (Å²) in [5, 5.41) is 4.77. The fourth-order valence-electron chi connectivity index (χ4n) is 1.49. The third kappa shape index (κ3) is 3.23. The average Bonchev–Trinajstić information content (AvgIpc) is 2.76. The standard InChI is InChI=1S/C13H13IN2OS/c1-16(2)11-5-3-4-10(7-11)15-13(17)9-6-12(14)18-8-9/h3-8H,1-2H3,(H,15,17). The lowest BCUT2D eigenvalue weighted by Gasteiger charge is -2.13. The van der Waals surface area contributed by atoms with Crippen LogP contribution in [0.3, 0.4) is 0 Å². The van der Waals surface area contributed by atoms with E-state index >= 15 is 0 Å². The summed E-state index contributed by atoms with van der Waals surface area (Å²) in [6.07, 6.45) is 0. The van der Waals surface area contributed by atoms with Crippen molar-refractivity contribution in [3.05, 3.63) is 44.2 Å². The van der Waals surface area contributed by atoms with E-state index in [1.165, 1.54) is 0 Å². The van der Waals surface area contributed by atoms with Crippen molar-refractivity contribution in [3.63, 3.8) is 0 Å². The molecule has 1 heterocycles. The Labute approximate surface area is 124 Å². The van der Waals surface area contributed by atoms with Crippen molar-refractivity contribution < 1.29 is 4.79 Å². The molecule has 0 saturated carbocycles. The summed E-state index contributed by atoms with van der Waals surface area (Å²) < 4.78 is 1.11. The van der Waals surface area contributed by atoms with Gasteiger partial charge in [-0.15, -0.1) is 11.3 Å². The Bertz CT molecular complexity index is 566. The van der Waals surface area contributed by atoms with Crippen molar-refractivity contribution in [2.45, 2.75) is 0 Å². The molecular formula is C13H13IN2OS. The fourth-order valence-corrected chi connectivity index (χ4v) is 2.82. The summed E-state index contributed by atoms with van der Waals surface area (Å²) >= 11 is 3.78. The van der Waals surface area contributed by atoms with E-state index in [0.717, 1.165) is 14.3 Å². The number of hydrogen-bond acceptors (Lipinski definition) is 3. The number of carbonyl (C=O) groups is 1. The van der Waals surface area contributed by atoms with Crippen LogP contribution in [0.1, 0.15) is 10.4 Å².